The number of rotatable bonds is 4. The van der Waals surface area contributed by atoms with Crippen LogP contribution < -0.4 is 10.0 Å². The van der Waals surface area contributed by atoms with Gasteiger partial charge in [0.2, 0.25) is 0 Å². The highest BCUT2D eigenvalue weighted by atomic mass is 35.5. The molecule has 3 aromatic rings. The predicted octanol–water partition coefficient (Wildman–Crippen LogP) is 6.58. The molecule has 3 atom stereocenters. The molecule has 32 heavy (non-hydrogen) atoms. The molecule has 1 aliphatic carbocycles. The second-order valence-corrected chi connectivity index (χ2v) is 10.8. The van der Waals surface area contributed by atoms with Crippen LogP contribution in [0.15, 0.2) is 77.7 Å². The Bertz CT molecular complexity index is 1330. The fourth-order valence-corrected chi connectivity index (χ4v) is 6.07. The molecule has 0 bridgehead atoms. The summed E-state index contributed by atoms with van der Waals surface area (Å²) in [6.07, 6.45) is 5.39. The van der Waals surface area contributed by atoms with Gasteiger partial charge in [0.15, 0.2) is 0 Å². The SMILES string of the molecule is Cc1cccc([C@H]2Nc3ccc(S(=O)(=O)Nc4ccc(C)c(Cl)c4)cc3[C@H]3C=CC[C@H]32)c1. The zero-order valence-corrected chi connectivity index (χ0v) is 19.5. The summed E-state index contributed by atoms with van der Waals surface area (Å²) in [7, 11) is -3.74. The van der Waals surface area contributed by atoms with Gasteiger partial charge in [0, 0.05) is 16.6 Å². The summed E-state index contributed by atoms with van der Waals surface area (Å²) in [4.78, 5) is 0.253. The zero-order chi connectivity index (χ0) is 22.5. The summed E-state index contributed by atoms with van der Waals surface area (Å²) in [5, 5.41) is 4.21. The first-order chi connectivity index (χ1) is 15.3. The molecule has 2 N–H and O–H groups in total. The maximum absolute atomic E-state index is 13.1. The fraction of sp³-hybridized carbons (Fsp3) is 0.231. The summed E-state index contributed by atoms with van der Waals surface area (Å²) in [5.41, 5.74) is 5.87. The number of benzene rings is 3. The van der Waals surface area contributed by atoms with E-state index >= 15 is 0 Å². The Labute approximate surface area is 194 Å². The van der Waals surface area contributed by atoms with Crippen molar-refractivity contribution < 1.29 is 8.42 Å². The van der Waals surface area contributed by atoms with Gasteiger partial charge in [0.05, 0.1) is 16.6 Å². The zero-order valence-electron chi connectivity index (χ0n) is 18.0. The summed E-state index contributed by atoms with van der Waals surface area (Å²) < 4.78 is 28.9. The van der Waals surface area contributed by atoms with Gasteiger partial charge in [-0.3, -0.25) is 4.72 Å². The second kappa shape index (κ2) is 7.98. The van der Waals surface area contributed by atoms with E-state index in [2.05, 4.69) is 53.4 Å². The molecule has 0 saturated heterocycles. The van der Waals surface area contributed by atoms with Crippen molar-refractivity contribution in [1.29, 1.82) is 0 Å². The van der Waals surface area contributed by atoms with Crippen LogP contribution >= 0.6 is 11.6 Å². The van der Waals surface area contributed by atoms with Crippen molar-refractivity contribution in [3.05, 3.63) is 100 Å². The number of sulfonamides is 1. The molecule has 164 valence electrons. The molecule has 0 spiro atoms. The van der Waals surface area contributed by atoms with E-state index in [1.165, 1.54) is 11.1 Å². The number of aryl methyl sites for hydroxylation is 2. The second-order valence-electron chi connectivity index (χ2n) is 8.71. The van der Waals surface area contributed by atoms with Crippen LogP contribution in [0, 0.1) is 19.8 Å². The number of hydrogen-bond donors (Lipinski definition) is 2. The minimum Gasteiger partial charge on any atom is -0.378 e. The van der Waals surface area contributed by atoms with Crippen molar-refractivity contribution in [1.82, 2.24) is 0 Å². The van der Waals surface area contributed by atoms with Crippen LogP contribution in [0.25, 0.3) is 0 Å². The van der Waals surface area contributed by atoms with Crippen LogP contribution in [0.4, 0.5) is 11.4 Å². The van der Waals surface area contributed by atoms with E-state index in [0.29, 0.717) is 16.6 Å². The van der Waals surface area contributed by atoms with Gasteiger partial charge in [0.25, 0.3) is 10.0 Å². The molecule has 6 heteroatoms. The maximum atomic E-state index is 13.1. The maximum Gasteiger partial charge on any atom is 0.261 e. The van der Waals surface area contributed by atoms with Crippen molar-refractivity contribution >= 4 is 33.0 Å². The minimum absolute atomic E-state index is 0.181. The topological polar surface area (TPSA) is 58.2 Å². The molecule has 0 aromatic heterocycles. The van der Waals surface area contributed by atoms with E-state index in [4.69, 9.17) is 11.6 Å². The molecule has 3 aromatic carbocycles. The average Bonchev–Trinajstić information content (AvgIpc) is 3.25. The molecule has 1 aliphatic heterocycles. The van der Waals surface area contributed by atoms with Crippen molar-refractivity contribution in [2.45, 2.75) is 37.1 Å². The van der Waals surface area contributed by atoms with Gasteiger partial charge >= 0.3 is 0 Å². The summed E-state index contributed by atoms with van der Waals surface area (Å²) in [6.45, 7) is 3.99. The number of hydrogen-bond acceptors (Lipinski definition) is 3. The lowest BCUT2D eigenvalue weighted by atomic mass is 9.77. The smallest absolute Gasteiger partial charge is 0.261 e. The van der Waals surface area contributed by atoms with Crippen LogP contribution in [-0.4, -0.2) is 8.42 Å². The molecule has 5 rings (SSSR count). The third-order valence-corrected chi connectivity index (χ3v) is 8.26. The number of allylic oxidation sites excluding steroid dienone is 2. The first kappa shape index (κ1) is 21.1. The minimum atomic E-state index is -3.74. The van der Waals surface area contributed by atoms with Gasteiger partial charge in [-0.2, -0.15) is 0 Å². The Morgan fingerprint density at radius 2 is 1.88 bits per heavy atom. The van der Waals surface area contributed by atoms with Crippen LogP contribution in [0.1, 0.15) is 40.6 Å². The Morgan fingerprint density at radius 3 is 2.66 bits per heavy atom. The highest BCUT2D eigenvalue weighted by Crippen LogP contribution is 2.50. The normalized spacial score (nSPS) is 21.5. The van der Waals surface area contributed by atoms with Crippen molar-refractivity contribution in [2.75, 3.05) is 10.0 Å². The number of anilines is 2. The van der Waals surface area contributed by atoms with Crippen molar-refractivity contribution in [3.8, 4) is 0 Å². The van der Waals surface area contributed by atoms with Crippen molar-refractivity contribution in [2.24, 2.45) is 5.92 Å². The Balaban J connectivity index is 1.49. The highest BCUT2D eigenvalue weighted by Gasteiger charge is 2.38. The molecule has 0 amide bonds. The van der Waals surface area contributed by atoms with Gasteiger partial charge in [-0.15, -0.1) is 0 Å². The summed E-state index contributed by atoms with van der Waals surface area (Å²) in [5.74, 6) is 0.534. The van der Waals surface area contributed by atoms with E-state index < -0.39 is 10.0 Å². The van der Waals surface area contributed by atoms with Gasteiger partial charge in [0.1, 0.15) is 0 Å². The summed E-state index contributed by atoms with van der Waals surface area (Å²) >= 11 is 6.17. The molecule has 0 unspecified atom stereocenters. The van der Waals surface area contributed by atoms with Crippen LogP contribution in [0.2, 0.25) is 5.02 Å². The average molecular weight is 465 g/mol. The molecule has 0 saturated carbocycles. The lowest BCUT2D eigenvalue weighted by molar-refractivity contribution is 0.425. The van der Waals surface area contributed by atoms with Crippen LogP contribution in [0.5, 0.6) is 0 Å². The highest BCUT2D eigenvalue weighted by molar-refractivity contribution is 7.92. The third kappa shape index (κ3) is 3.80. The number of fused-ring (bicyclic) bond motifs is 3. The van der Waals surface area contributed by atoms with E-state index in [-0.39, 0.29) is 16.9 Å². The molecular weight excluding hydrogens is 440 g/mol. The van der Waals surface area contributed by atoms with Crippen LogP contribution in [-0.2, 0) is 10.0 Å². The van der Waals surface area contributed by atoms with Gasteiger partial charge in [-0.25, -0.2) is 8.42 Å². The van der Waals surface area contributed by atoms with Crippen LogP contribution in [0.3, 0.4) is 0 Å². The molecule has 0 fully saturated rings. The van der Waals surface area contributed by atoms with E-state index in [1.807, 2.05) is 13.0 Å². The summed E-state index contributed by atoms with van der Waals surface area (Å²) in [6, 6.07) is 19.3. The van der Waals surface area contributed by atoms with E-state index in [0.717, 1.165) is 23.2 Å². The monoisotopic (exact) mass is 464 g/mol. The quantitative estimate of drug-likeness (QED) is 0.428. The Kier molecular flexibility index (Phi) is 5.26. The molecule has 2 aliphatic rings. The lowest BCUT2D eigenvalue weighted by Crippen LogP contribution is -2.29. The van der Waals surface area contributed by atoms with E-state index in [9.17, 15) is 8.42 Å². The Hall–Kier alpha value is -2.76. The van der Waals surface area contributed by atoms with Gasteiger partial charge in [-0.1, -0.05) is 59.6 Å². The molecule has 0 radical (unpaired) electrons. The number of halogens is 1. The first-order valence-electron chi connectivity index (χ1n) is 10.7. The largest absolute Gasteiger partial charge is 0.378 e. The molecule has 1 heterocycles. The standard InChI is InChI=1S/C26H25ClN2O2S/c1-16-5-3-6-18(13-16)26-22-8-4-7-21(22)23-15-20(11-12-25(23)28-26)32(30,31)29-19-10-9-17(2)24(27)14-19/h3-7,9-15,21-22,26,28-29H,8H2,1-2H3/t21-,22+,26+/m0/s1. The van der Waals surface area contributed by atoms with Crippen molar-refractivity contribution in [3.63, 3.8) is 0 Å². The number of nitrogens with one attached hydrogen (secondary N) is 2. The lowest BCUT2D eigenvalue weighted by Gasteiger charge is -2.37. The fourth-order valence-electron chi connectivity index (χ4n) is 4.80. The Morgan fingerprint density at radius 1 is 1.03 bits per heavy atom. The first-order valence-corrected chi connectivity index (χ1v) is 12.6. The predicted molar refractivity (Wildman–Crippen MR) is 131 cm³/mol. The third-order valence-electron chi connectivity index (χ3n) is 6.47. The van der Waals surface area contributed by atoms with Gasteiger partial charge < -0.3 is 5.32 Å². The van der Waals surface area contributed by atoms with Gasteiger partial charge in [-0.05, 0) is 73.2 Å². The molecular formula is C26H25ClN2O2S. The molecule has 4 nitrogen and oxygen atoms in total. The van der Waals surface area contributed by atoms with E-state index in [1.54, 1.807) is 30.3 Å².